The van der Waals surface area contributed by atoms with E-state index < -0.39 is 11.9 Å². The monoisotopic (exact) mass is 498 g/mol. The second-order valence-electron chi connectivity index (χ2n) is 9.26. The largest absolute Gasteiger partial charge is 0.353 e. The summed E-state index contributed by atoms with van der Waals surface area (Å²) in [5, 5.41) is 16.2. The number of hydrogen-bond acceptors (Lipinski definition) is 6. The van der Waals surface area contributed by atoms with Crippen LogP contribution in [0.5, 0.6) is 0 Å². The van der Waals surface area contributed by atoms with Crippen molar-refractivity contribution < 1.29 is 9.90 Å². The summed E-state index contributed by atoms with van der Waals surface area (Å²) in [7, 11) is 0. The number of allylic oxidation sites excluding steroid dienone is 1. The lowest BCUT2D eigenvalue weighted by molar-refractivity contribution is -0.114. The number of aliphatic hydroxyl groups is 1. The van der Waals surface area contributed by atoms with Crippen LogP contribution in [0.1, 0.15) is 32.4 Å². The van der Waals surface area contributed by atoms with Gasteiger partial charge in [0.25, 0.3) is 5.91 Å². The molecule has 0 bridgehead atoms. The van der Waals surface area contributed by atoms with Gasteiger partial charge in [0.15, 0.2) is 5.17 Å². The summed E-state index contributed by atoms with van der Waals surface area (Å²) in [6, 6.07) is 28.7. The van der Waals surface area contributed by atoms with E-state index in [-0.39, 0.29) is 11.9 Å². The van der Waals surface area contributed by atoms with Gasteiger partial charge in [0.1, 0.15) is 0 Å². The first-order valence-corrected chi connectivity index (χ1v) is 13.1. The highest BCUT2D eigenvalue weighted by atomic mass is 32.2. The summed E-state index contributed by atoms with van der Waals surface area (Å²) in [4.78, 5) is 22.5. The molecule has 2 aliphatic rings. The Bertz CT molecular complexity index is 1290. The predicted molar refractivity (Wildman–Crippen MR) is 148 cm³/mol. The molecule has 1 fully saturated rings. The summed E-state index contributed by atoms with van der Waals surface area (Å²) in [6.07, 6.45) is 0. The number of para-hydroxylation sites is 2. The first kappa shape index (κ1) is 24.2. The maximum absolute atomic E-state index is 13.8. The fraction of sp³-hybridized carbons (Fsp3) is 0.241. The van der Waals surface area contributed by atoms with Crippen molar-refractivity contribution in [2.45, 2.75) is 38.7 Å². The molecule has 0 spiro atoms. The number of rotatable bonds is 6. The number of carbonyl (C=O) groups is 1. The molecule has 0 saturated carbocycles. The minimum atomic E-state index is -1.40. The first-order valence-electron chi connectivity index (χ1n) is 12.1. The number of anilines is 2. The van der Waals surface area contributed by atoms with Crippen LogP contribution < -0.4 is 10.2 Å². The van der Waals surface area contributed by atoms with Crippen LogP contribution in [0, 0.1) is 0 Å². The normalized spacial score (nSPS) is 21.3. The maximum atomic E-state index is 13.8. The number of benzene rings is 3. The Balaban J connectivity index is 1.64. The van der Waals surface area contributed by atoms with Crippen molar-refractivity contribution in [1.82, 2.24) is 4.90 Å². The van der Waals surface area contributed by atoms with Crippen LogP contribution in [0.25, 0.3) is 0 Å². The van der Waals surface area contributed by atoms with E-state index in [0.29, 0.717) is 27.9 Å². The van der Waals surface area contributed by atoms with Gasteiger partial charge in [-0.3, -0.25) is 9.69 Å². The average Bonchev–Trinajstić information content (AvgIpc) is 3.21. The highest BCUT2D eigenvalue weighted by molar-refractivity contribution is 8.14. The predicted octanol–water partition coefficient (Wildman–Crippen LogP) is 5.62. The van der Waals surface area contributed by atoms with Gasteiger partial charge in [0.05, 0.1) is 23.1 Å². The second kappa shape index (κ2) is 9.84. The summed E-state index contributed by atoms with van der Waals surface area (Å²) >= 11 is 1.51. The second-order valence-corrected chi connectivity index (χ2v) is 10.2. The van der Waals surface area contributed by atoms with Crippen LogP contribution in [0.4, 0.5) is 11.4 Å². The zero-order chi connectivity index (χ0) is 25.3. The Morgan fingerprint density at radius 1 is 1.03 bits per heavy atom. The number of aliphatic imine (C=N–C) groups is 1. The summed E-state index contributed by atoms with van der Waals surface area (Å²) in [5.41, 5.74) is 3.71. The zero-order valence-electron chi connectivity index (χ0n) is 20.6. The van der Waals surface area contributed by atoms with E-state index in [0.717, 1.165) is 11.3 Å². The average molecular weight is 499 g/mol. The standard InChI is InChI=1S/C29H30N4O2S/c1-20(2)32(24-17-11-6-12-18-24)29(35)19-36-28-30-21(3)25(27(34)31-23-15-9-5-10-16-23)26(33(28)29)22-13-7-4-8-14-22/h4-18,20,26,35H,19H2,1-3H3,(H,31,34)/t26-,29-/m1/s1. The Morgan fingerprint density at radius 2 is 1.61 bits per heavy atom. The maximum Gasteiger partial charge on any atom is 0.255 e. The van der Waals surface area contributed by atoms with Crippen molar-refractivity contribution in [1.29, 1.82) is 0 Å². The number of nitrogens with one attached hydrogen (secondary N) is 1. The van der Waals surface area contributed by atoms with Gasteiger partial charge in [-0.05, 0) is 50.6 Å². The fourth-order valence-corrected chi connectivity index (χ4v) is 6.23. The number of hydrogen-bond donors (Lipinski definition) is 2. The summed E-state index contributed by atoms with van der Waals surface area (Å²) < 4.78 is 0. The van der Waals surface area contributed by atoms with E-state index in [4.69, 9.17) is 4.99 Å². The van der Waals surface area contributed by atoms with Gasteiger partial charge in [0, 0.05) is 17.4 Å². The number of thioether (sulfide) groups is 1. The third kappa shape index (κ3) is 4.29. The SMILES string of the molecule is CC1=C(C(=O)Nc2ccccc2)[C@@H](c2ccccc2)N2C(=N1)SC[C@@]2(O)N(c1ccccc1)C(C)C. The minimum absolute atomic E-state index is 0.0117. The van der Waals surface area contributed by atoms with E-state index in [1.54, 1.807) is 0 Å². The third-order valence-corrected chi connectivity index (χ3v) is 7.58. The molecular weight excluding hydrogens is 468 g/mol. The third-order valence-electron chi connectivity index (χ3n) is 6.50. The van der Waals surface area contributed by atoms with E-state index in [2.05, 4.69) is 19.2 Å². The van der Waals surface area contributed by atoms with Crippen LogP contribution in [-0.4, -0.2) is 38.7 Å². The molecule has 2 heterocycles. The van der Waals surface area contributed by atoms with Gasteiger partial charge in [0.2, 0.25) is 5.85 Å². The lowest BCUT2D eigenvalue weighted by Gasteiger charge is -2.50. The molecule has 3 aromatic carbocycles. The molecule has 0 unspecified atom stereocenters. The van der Waals surface area contributed by atoms with Gasteiger partial charge in [-0.15, -0.1) is 0 Å². The molecule has 3 aromatic rings. The topological polar surface area (TPSA) is 68.2 Å². The highest BCUT2D eigenvalue weighted by Crippen LogP contribution is 2.48. The fourth-order valence-electron chi connectivity index (χ4n) is 5.04. The number of fused-ring (bicyclic) bond motifs is 1. The van der Waals surface area contributed by atoms with Crippen molar-refractivity contribution >= 4 is 34.2 Å². The lowest BCUT2D eigenvalue weighted by atomic mass is 9.92. The van der Waals surface area contributed by atoms with Crippen molar-refractivity contribution in [3.05, 3.63) is 108 Å². The molecule has 5 rings (SSSR count). The minimum Gasteiger partial charge on any atom is -0.353 e. The lowest BCUT2D eigenvalue weighted by Crippen LogP contribution is -2.64. The molecule has 6 nitrogen and oxygen atoms in total. The molecule has 7 heteroatoms. The van der Waals surface area contributed by atoms with Crippen molar-refractivity contribution in [3.63, 3.8) is 0 Å². The molecule has 0 radical (unpaired) electrons. The molecule has 0 aromatic heterocycles. The Kier molecular flexibility index (Phi) is 6.60. The van der Waals surface area contributed by atoms with Crippen LogP contribution in [0.2, 0.25) is 0 Å². The first-order chi connectivity index (χ1) is 17.4. The van der Waals surface area contributed by atoms with E-state index >= 15 is 0 Å². The van der Waals surface area contributed by atoms with Crippen molar-refractivity contribution in [2.24, 2.45) is 4.99 Å². The summed E-state index contributed by atoms with van der Waals surface area (Å²) in [5.74, 6) is -1.24. The Morgan fingerprint density at radius 3 is 2.22 bits per heavy atom. The molecular formula is C29H30N4O2S. The van der Waals surface area contributed by atoms with Gasteiger partial charge < -0.3 is 15.3 Å². The number of carbonyl (C=O) groups excluding carboxylic acids is 1. The highest BCUT2D eigenvalue weighted by Gasteiger charge is 2.55. The molecule has 2 N–H and O–H groups in total. The Labute approximate surface area is 216 Å². The molecule has 2 atom stereocenters. The quantitative estimate of drug-likeness (QED) is 0.432. The molecule has 0 aliphatic carbocycles. The summed E-state index contributed by atoms with van der Waals surface area (Å²) in [6.45, 7) is 6.00. The Hall–Kier alpha value is -3.55. The van der Waals surface area contributed by atoms with Crippen molar-refractivity contribution in [2.75, 3.05) is 16.0 Å². The molecule has 184 valence electrons. The molecule has 1 amide bonds. The molecule has 2 aliphatic heterocycles. The number of amidine groups is 1. The van der Waals surface area contributed by atoms with E-state index in [1.807, 2.05) is 108 Å². The van der Waals surface area contributed by atoms with E-state index in [1.165, 1.54) is 11.8 Å². The van der Waals surface area contributed by atoms with Crippen LogP contribution in [-0.2, 0) is 4.79 Å². The van der Waals surface area contributed by atoms with E-state index in [9.17, 15) is 9.90 Å². The number of nitrogens with zero attached hydrogens (tertiary/aromatic N) is 3. The molecule has 1 saturated heterocycles. The van der Waals surface area contributed by atoms with Gasteiger partial charge in [-0.1, -0.05) is 78.5 Å². The van der Waals surface area contributed by atoms with Crippen LogP contribution in [0.15, 0.2) is 107 Å². The number of amides is 1. The van der Waals surface area contributed by atoms with Crippen molar-refractivity contribution in [3.8, 4) is 0 Å². The van der Waals surface area contributed by atoms with Gasteiger partial charge >= 0.3 is 0 Å². The smallest absolute Gasteiger partial charge is 0.255 e. The van der Waals surface area contributed by atoms with Gasteiger partial charge in [-0.25, -0.2) is 4.99 Å². The van der Waals surface area contributed by atoms with Gasteiger partial charge in [-0.2, -0.15) is 0 Å². The van der Waals surface area contributed by atoms with Crippen LogP contribution in [0.3, 0.4) is 0 Å². The zero-order valence-corrected chi connectivity index (χ0v) is 21.4. The van der Waals surface area contributed by atoms with Crippen LogP contribution >= 0.6 is 11.8 Å². The molecule has 36 heavy (non-hydrogen) atoms.